The van der Waals surface area contributed by atoms with Crippen LogP contribution in [0, 0.1) is 5.92 Å². The van der Waals surface area contributed by atoms with Crippen molar-refractivity contribution in [2.45, 2.75) is 58.1 Å². The monoisotopic (exact) mass is 617 g/mol. The van der Waals surface area contributed by atoms with Crippen LogP contribution in [0.5, 0.6) is 5.75 Å². The van der Waals surface area contributed by atoms with Gasteiger partial charge in [0.25, 0.3) is 5.91 Å². The Morgan fingerprint density at radius 2 is 1.67 bits per heavy atom. The summed E-state index contributed by atoms with van der Waals surface area (Å²) in [4.78, 5) is 40.3. The fourth-order valence-corrected chi connectivity index (χ4v) is 5.15. The molecule has 43 heavy (non-hydrogen) atoms. The number of nitrogens with zero attached hydrogens (tertiary/aromatic N) is 2. The number of para-hydroxylation sites is 3. The summed E-state index contributed by atoms with van der Waals surface area (Å²) < 4.78 is 31.8. The normalized spacial score (nSPS) is 17.8. The molecule has 0 saturated carbocycles. The number of anilines is 3. The van der Waals surface area contributed by atoms with E-state index in [9.17, 15) is 27.9 Å². The second-order valence-corrected chi connectivity index (χ2v) is 13.2. The summed E-state index contributed by atoms with van der Waals surface area (Å²) in [5.41, 5.74) is 7.43. The molecule has 1 aliphatic rings. The van der Waals surface area contributed by atoms with Crippen LogP contribution in [0.15, 0.2) is 42.5 Å². The minimum absolute atomic E-state index is 0.0295. The van der Waals surface area contributed by atoms with Crippen molar-refractivity contribution >= 4 is 44.8 Å². The summed E-state index contributed by atoms with van der Waals surface area (Å²) in [5.74, 6) is -0.931. The molecule has 3 amide bonds. The summed E-state index contributed by atoms with van der Waals surface area (Å²) in [6.45, 7) is 3.61. The van der Waals surface area contributed by atoms with Gasteiger partial charge in [-0.1, -0.05) is 31.5 Å². The number of aliphatic hydroxyl groups excluding tert-OH is 1. The Kier molecular flexibility index (Phi) is 11.9. The fraction of sp³-hybridized carbons (Fsp3) is 0.500. The van der Waals surface area contributed by atoms with Crippen LogP contribution in [0.3, 0.4) is 0 Å². The minimum atomic E-state index is -3.50. The number of nitrogens with one attached hydrogen (secondary N) is 2. The first-order chi connectivity index (χ1) is 20.3. The highest BCUT2D eigenvalue weighted by Crippen LogP contribution is 2.35. The Morgan fingerprint density at radius 1 is 1.07 bits per heavy atom. The Morgan fingerprint density at radius 3 is 2.28 bits per heavy atom. The first kappa shape index (κ1) is 33.8. The molecule has 0 aromatic heterocycles. The Bertz CT molecular complexity index is 1400. The highest BCUT2D eigenvalue weighted by Gasteiger charge is 2.35. The molecule has 1 heterocycles. The number of carbonyl (C=O) groups is 3. The van der Waals surface area contributed by atoms with E-state index in [-0.39, 0.29) is 61.1 Å². The van der Waals surface area contributed by atoms with Crippen molar-refractivity contribution in [3.8, 4) is 5.75 Å². The number of amides is 3. The second kappa shape index (κ2) is 15.2. The average molecular weight is 618 g/mol. The molecule has 0 radical (unpaired) electrons. The van der Waals surface area contributed by atoms with Gasteiger partial charge in [0, 0.05) is 32.4 Å². The zero-order valence-electron chi connectivity index (χ0n) is 25.2. The van der Waals surface area contributed by atoms with Crippen molar-refractivity contribution < 1.29 is 32.6 Å². The van der Waals surface area contributed by atoms with Crippen molar-refractivity contribution in [1.82, 2.24) is 9.21 Å². The zero-order valence-corrected chi connectivity index (χ0v) is 26.0. The lowest BCUT2D eigenvalue weighted by Crippen LogP contribution is -2.50. The largest absolute Gasteiger partial charge is 0.486 e. The van der Waals surface area contributed by atoms with Crippen molar-refractivity contribution in [1.29, 1.82) is 0 Å². The lowest BCUT2D eigenvalue weighted by molar-refractivity contribution is -0.116. The van der Waals surface area contributed by atoms with Crippen molar-refractivity contribution in [2.75, 3.05) is 49.4 Å². The van der Waals surface area contributed by atoms with Crippen LogP contribution in [-0.4, -0.2) is 85.6 Å². The molecule has 2 aromatic carbocycles. The number of unbranched alkanes of at least 4 members (excludes halogenated alkanes) is 2. The van der Waals surface area contributed by atoms with E-state index in [1.807, 2.05) is 6.92 Å². The molecule has 3 atom stereocenters. The number of sulfonamides is 1. The van der Waals surface area contributed by atoms with E-state index >= 15 is 0 Å². The lowest BCUT2D eigenvalue weighted by Gasteiger charge is -2.38. The maximum atomic E-state index is 13.6. The average Bonchev–Trinajstić information content (AvgIpc) is 2.95. The van der Waals surface area contributed by atoms with Gasteiger partial charge in [0.2, 0.25) is 21.8 Å². The third kappa shape index (κ3) is 9.40. The highest BCUT2D eigenvalue weighted by molar-refractivity contribution is 7.88. The number of nitrogens with two attached hydrogens (primary N) is 1. The molecular formula is C30H43N5O7S. The molecule has 0 bridgehead atoms. The molecule has 0 saturated heterocycles. The molecule has 5 N–H and O–H groups in total. The van der Waals surface area contributed by atoms with E-state index in [0.29, 0.717) is 42.7 Å². The van der Waals surface area contributed by atoms with Crippen molar-refractivity contribution in [2.24, 2.45) is 5.92 Å². The number of benzene rings is 2. The van der Waals surface area contributed by atoms with Gasteiger partial charge in [-0.25, -0.2) is 12.7 Å². The number of aliphatic hydroxyl groups is 1. The van der Waals surface area contributed by atoms with Crippen LogP contribution in [0.2, 0.25) is 0 Å². The molecule has 0 aliphatic carbocycles. The van der Waals surface area contributed by atoms with Crippen LogP contribution in [0.4, 0.5) is 17.1 Å². The molecule has 3 rings (SSSR count). The van der Waals surface area contributed by atoms with E-state index in [1.165, 1.54) is 11.4 Å². The smallest absolute Gasteiger partial charge is 0.258 e. The van der Waals surface area contributed by atoms with Gasteiger partial charge in [-0.15, -0.1) is 0 Å². The van der Waals surface area contributed by atoms with Gasteiger partial charge >= 0.3 is 0 Å². The summed E-state index contributed by atoms with van der Waals surface area (Å²) in [5, 5.41) is 15.5. The topological polar surface area (TPSA) is 171 Å². The first-order valence-electron chi connectivity index (χ1n) is 14.4. The molecule has 12 nitrogen and oxygen atoms in total. The van der Waals surface area contributed by atoms with E-state index in [2.05, 4.69) is 10.6 Å². The third-order valence-electron chi connectivity index (χ3n) is 7.51. The number of ether oxygens (including phenoxy) is 1. The SMILES string of the molecule is C[C@@H]1CN([C@H](C)CO)C(=O)c2cccc(NC(=O)CCCCCC(=O)Nc3ccccc3N)c2O[C@H]1CN(C)S(C)(=O)=O. The maximum absolute atomic E-state index is 13.6. The summed E-state index contributed by atoms with van der Waals surface area (Å²) >= 11 is 0. The van der Waals surface area contributed by atoms with Crippen LogP contribution >= 0.6 is 0 Å². The lowest BCUT2D eigenvalue weighted by atomic mass is 9.99. The van der Waals surface area contributed by atoms with Gasteiger partial charge in [0.1, 0.15) is 6.10 Å². The molecular weight excluding hydrogens is 574 g/mol. The summed E-state index contributed by atoms with van der Waals surface area (Å²) in [7, 11) is -2.05. The zero-order chi connectivity index (χ0) is 31.7. The Labute approximate surface area is 253 Å². The van der Waals surface area contributed by atoms with Gasteiger partial charge in [-0.05, 0) is 44.0 Å². The molecule has 13 heteroatoms. The van der Waals surface area contributed by atoms with E-state index in [0.717, 1.165) is 6.26 Å². The van der Waals surface area contributed by atoms with Gasteiger partial charge < -0.3 is 31.1 Å². The van der Waals surface area contributed by atoms with Gasteiger partial charge in [-0.2, -0.15) is 0 Å². The highest BCUT2D eigenvalue weighted by atomic mass is 32.2. The standard InChI is InChI=1S/C30H43N5O7S/c1-20-17-35(21(2)19-36)30(39)22-11-10-14-25(29(22)42-26(20)18-34(3)43(4,40)41)33-28(38)16-7-5-6-15-27(37)32-24-13-9-8-12-23(24)31/h8-14,20-21,26,36H,5-7,15-19,31H2,1-4H3,(H,32,37)(H,33,38)/t20-,21-,26+/m1/s1. The molecule has 236 valence electrons. The third-order valence-corrected chi connectivity index (χ3v) is 8.79. The van der Waals surface area contributed by atoms with Gasteiger partial charge in [0.05, 0.1) is 48.1 Å². The van der Waals surface area contributed by atoms with Gasteiger partial charge in [0.15, 0.2) is 5.75 Å². The van der Waals surface area contributed by atoms with E-state index in [4.69, 9.17) is 10.5 Å². The fourth-order valence-electron chi connectivity index (χ4n) is 4.73. The van der Waals surface area contributed by atoms with Crippen LogP contribution in [0.25, 0.3) is 0 Å². The predicted octanol–water partition coefficient (Wildman–Crippen LogP) is 2.91. The Hall–Kier alpha value is -3.68. The van der Waals surface area contributed by atoms with Crippen LogP contribution < -0.4 is 21.1 Å². The summed E-state index contributed by atoms with van der Waals surface area (Å²) in [6.07, 6.45) is 2.74. The number of hydrogen-bond donors (Lipinski definition) is 4. The van der Waals surface area contributed by atoms with Gasteiger partial charge in [-0.3, -0.25) is 14.4 Å². The number of rotatable bonds is 13. The van der Waals surface area contributed by atoms with Crippen LogP contribution in [0.1, 0.15) is 56.3 Å². The number of hydrogen-bond acceptors (Lipinski definition) is 8. The first-order valence-corrected chi connectivity index (χ1v) is 16.2. The molecule has 0 fully saturated rings. The maximum Gasteiger partial charge on any atom is 0.258 e. The number of likely N-dealkylation sites (N-methyl/N-ethyl adjacent to an activating group) is 1. The summed E-state index contributed by atoms with van der Waals surface area (Å²) in [6, 6.07) is 11.4. The molecule has 2 aromatic rings. The molecule has 0 spiro atoms. The molecule has 1 aliphatic heterocycles. The van der Waals surface area contributed by atoms with Crippen molar-refractivity contribution in [3.05, 3.63) is 48.0 Å². The van der Waals surface area contributed by atoms with Crippen molar-refractivity contribution in [3.63, 3.8) is 0 Å². The predicted molar refractivity (Wildman–Crippen MR) is 166 cm³/mol. The van der Waals surface area contributed by atoms with E-state index < -0.39 is 22.2 Å². The minimum Gasteiger partial charge on any atom is -0.486 e. The number of nitrogen functional groups attached to an aromatic ring is 1. The molecule has 0 unspecified atom stereocenters. The quantitative estimate of drug-likeness (QED) is 0.196. The van der Waals surface area contributed by atoms with E-state index in [1.54, 1.807) is 54.3 Å². The second-order valence-electron chi connectivity index (χ2n) is 11.1. The number of carbonyl (C=O) groups excluding carboxylic acids is 3. The van der Waals surface area contributed by atoms with Crippen LogP contribution in [-0.2, 0) is 19.6 Å². The Balaban J connectivity index is 1.68. The number of fused-ring (bicyclic) bond motifs is 1.